The van der Waals surface area contributed by atoms with Crippen molar-refractivity contribution in [3.8, 4) is 0 Å². The second-order valence-corrected chi connectivity index (χ2v) is 4.26. The average Bonchev–Trinajstić information content (AvgIpc) is 2.41. The van der Waals surface area contributed by atoms with E-state index in [1.54, 1.807) is 18.2 Å². The van der Waals surface area contributed by atoms with Crippen molar-refractivity contribution >= 4 is 11.6 Å². The zero-order chi connectivity index (χ0) is 14.5. The molecule has 0 aliphatic carbocycles. The smallest absolute Gasteiger partial charge is 0.224 e. The van der Waals surface area contributed by atoms with E-state index in [0.29, 0.717) is 11.6 Å². The third-order valence-corrected chi connectivity index (χ3v) is 2.78. The molecule has 0 spiro atoms. The predicted molar refractivity (Wildman–Crippen MR) is 69.7 cm³/mol. The number of amides is 1. The second-order valence-electron chi connectivity index (χ2n) is 4.26. The van der Waals surface area contributed by atoms with E-state index in [1.807, 2.05) is 0 Å². The van der Waals surface area contributed by atoms with E-state index in [2.05, 4.69) is 5.32 Å². The summed E-state index contributed by atoms with van der Waals surface area (Å²) in [7, 11) is 0. The van der Waals surface area contributed by atoms with Gasteiger partial charge in [-0.25, -0.2) is 13.2 Å². The number of nitrogens with one attached hydrogen (secondary N) is 1. The number of rotatable bonds is 4. The summed E-state index contributed by atoms with van der Waals surface area (Å²) in [6, 6.07) is 9.02. The number of aryl methyl sites for hydroxylation is 1. The quantitative estimate of drug-likeness (QED) is 0.909. The van der Waals surface area contributed by atoms with Gasteiger partial charge in [-0.15, -0.1) is 0 Å². The molecule has 0 atom stereocenters. The van der Waals surface area contributed by atoms with Gasteiger partial charge in [-0.3, -0.25) is 4.79 Å². The van der Waals surface area contributed by atoms with Crippen LogP contribution in [0.3, 0.4) is 0 Å². The standard InChI is InChI=1S/C15H12F3NO/c16-11-6-7-14(13(18)9-11)19-15(20)8-5-10-3-1-2-4-12(10)17/h1-4,6-7,9H,5,8H2,(H,19,20). The summed E-state index contributed by atoms with van der Waals surface area (Å²) in [4.78, 5) is 11.6. The van der Waals surface area contributed by atoms with Gasteiger partial charge in [-0.05, 0) is 30.2 Å². The third kappa shape index (κ3) is 3.60. The lowest BCUT2D eigenvalue weighted by molar-refractivity contribution is -0.116. The van der Waals surface area contributed by atoms with Crippen LogP contribution in [0.2, 0.25) is 0 Å². The van der Waals surface area contributed by atoms with Crippen LogP contribution < -0.4 is 5.32 Å². The highest BCUT2D eigenvalue weighted by Gasteiger charge is 2.09. The summed E-state index contributed by atoms with van der Waals surface area (Å²) < 4.78 is 39.4. The van der Waals surface area contributed by atoms with Gasteiger partial charge in [0.1, 0.15) is 17.5 Å². The number of hydrogen-bond donors (Lipinski definition) is 1. The fraction of sp³-hybridized carbons (Fsp3) is 0.133. The normalized spacial score (nSPS) is 10.3. The highest BCUT2D eigenvalue weighted by atomic mass is 19.1. The zero-order valence-corrected chi connectivity index (χ0v) is 10.5. The highest BCUT2D eigenvalue weighted by molar-refractivity contribution is 5.90. The number of hydrogen-bond acceptors (Lipinski definition) is 1. The van der Waals surface area contributed by atoms with Crippen LogP contribution in [0.25, 0.3) is 0 Å². The van der Waals surface area contributed by atoms with Gasteiger partial charge in [-0.2, -0.15) is 0 Å². The fourth-order valence-electron chi connectivity index (χ4n) is 1.75. The fourth-order valence-corrected chi connectivity index (χ4v) is 1.75. The predicted octanol–water partition coefficient (Wildman–Crippen LogP) is 3.68. The van der Waals surface area contributed by atoms with Crippen LogP contribution in [-0.2, 0) is 11.2 Å². The molecular formula is C15H12F3NO. The zero-order valence-electron chi connectivity index (χ0n) is 10.5. The number of benzene rings is 2. The Balaban J connectivity index is 1.94. The molecule has 0 aliphatic rings. The first kappa shape index (κ1) is 14.1. The molecule has 0 heterocycles. The van der Waals surface area contributed by atoms with Crippen molar-refractivity contribution in [3.63, 3.8) is 0 Å². The lowest BCUT2D eigenvalue weighted by atomic mass is 10.1. The van der Waals surface area contributed by atoms with E-state index in [1.165, 1.54) is 6.07 Å². The minimum absolute atomic E-state index is 0.0117. The van der Waals surface area contributed by atoms with Gasteiger partial charge in [0.05, 0.1) is 5.69 Å². The molecule has 20 heavy (non-hydrogen) atoms. The molecule has 2 aromatic carbocycles. The molecule has 5 heteroatoms. The maximum atomic E-state index is 13.3. The van der Waals surface area contributed by atoms with Crippen molar-refractivity contribution in [2.24, 2.45) is 0 Å². The molecule has 2 rings (SSSR count). The first-order valence-corrected chi connectivity index (χ1v) is 6.04. The van der Waals surface area contributed by atoms with Gasteiger partial charge in [0, 0.05) is 12.5 Å². The largest absolute Gasteiger partial charge is 0.324 e. The Morgan fingerprint density at radius 1 is 1.00 bits per heavy atom. The highest BCUT2D eigenvalue weighted by Crippen LogP contribution is 2.16. The van der Waals surface area contributed by atoms with Gasteiger partial charge in [0.2, 0.25) is 5.91 Å². The van der Waals surface area contributed by atoms with Crippen LogP contribution in [-0.4, -0.2) is 5.91 Å². The molecule has 2 aromatic rings. The minimum Gasteiger partial charge on any atom is -0.324 e. The molecule has 0 aliphatic heterocycles. The first-order chi connectivity index (χ1) is 9.56. The molecule has 0 fully saturated rings. The summed E-state index contributed by atoms with van der Waals surface area (Å²) in [5.41, 5.74) is 0.326. The van der Waals surface area contributed by atoms with Crippen molar-refractivity contribution in [2.45, 2.75) is 12.8 Å². The molecule has 0 radical (unpaired) electrons. The van der Waals surface area contributed by atoms with Gasteiger partial charge in [-0.1, -0.05) is 18.2 Å². The lowest BCUT2D eigenvalue weighted by Gasteiger charge is -2.07. The molecule has 0 aromatic heterocycles. The van der Waals surface area contributed by atoms with Crippen LogP contribution >= 0.6 is 0 Å². The van der Waals surface area contributed by atoms with E-state index in [4.69, 9.17) is 0 Å². The van der Waals surface area contributed by atoms with Crippen LogP contribution in [0.15, 0.2) is 42.5 Å². The number of anilines is 1. The second kappa shape index (κ2) is 6.23. The maximum Gasteiger partial charge on any atom is 0.224 e. The summed E-state index contributed by atoms with van der Waals surface area (Å²) in [6.45, 7) is 0. The Morgan fingerprint density at radius 3 is 2.45 bits per heavy atom. The van der Waals surface area contributed by atoms with E-state index in [-0.39, 0.29) is 24.3 Å². The molecule has 104 valence electrons. The van der Waals surface area contributed by atoms with Gasteiger partial charge >= 0.3 is 0 Å². The average molecular weight is 279 g/mol. The Morgan fingerprint density at radius 2 is 1.75 bits per heavy atom. The van der Waals surface area contributed by atoms with Crippen LogP contribution in [0.5, 0.6) is 0 Å². The summed E-state index contributed by atoms with van der Waals surface area (Å²) >= 11 is 0. The van der Waals surface area contributed by atoms with Crippen LogP contribution in [0, 0.1) is 17.5 Å². The van der Waals surface area contributed by atoms with Crippen LogP contribution in [0.4, 0.5) is 18.9 Å². The van der Waals surface area contributed by atoms with Crippen molar-refractivity contribution < 1.29 is 18.0 Å². The Bertz CT molecular complexity index is 628. The van der Waals surface area contributed by atoms with Crippen LogP contribution in [0.1, 0.15) is 12.0 Å². The molecule has 0 saturated heterocycles. The molecule has 0 bridgehead atoms. The monoisotopic (exact) mass is 279 g/mol. The molecule has 1 N–H and O–H groups in total. The van der Waals surface area contributed by atoms with Crippen molar-refractivity contribution in [1.82, 2.24) is 0 Å². The Hall–Kier alpha value is -2.30. The SMILES string of the molecule is O=C(CCc1ccccc1F)Nc1ccc(F)cc1F. The van der Waals surface area contributed by atoms with E-state index < -0.39 is 17.5 Å². The Labute approximate surface area is 114 Å². The Kier molecular flexibility index (Phi) is 4.40. The number of carbonyl (C=O) groups excluding carboxylic acids is 1. The van der Waals surface area contributed by atoms with Gasteiger partial charge in [0.15, 0.2) is 0 Å². The third-order valence-electron chi connectivity index (χ3n) is 2.78. The van der Waals surface area contributed by atoms with E-state index in [9.17, 15) is 18.0 Å². The van der Waals surface area contributed by atoms with Crippen molar-refractivity contribution in [2.75, 3.05) is 5.32 Å². The minimum atomic E-state index is -0.843. The van der Waals surface area contributed by atoms with E-state index in [0.717, 1.165) is 12.1 Å². The van der Waals surface area contributed by atoms with Gasteiger partial charge in [0.25, 0.3) is 0 Å². The topological polar surface area (TPSA) is 29.1 Å². The number of halogens is 3. The van der Waals surface area contributed by atoms with Gasteiger partial charge < -0.3 is 5.32 Å². The molecule has 1 amide bonds. The lowest BCUT2D eigenvalue weighted by Crippen LogP contribution is -2.13. The maximum absolute atomic E-state index is 13.3. The van der Waals surface area contributed by atoms with Crippen molar-refractivity contribution in [3.05, 3.63) is 65.5 Å². The molecule has 0 saturated carbocycles. The summed E-state index contributed by atoms with van der Waals surface area (Å²) in [5, 5.41) is 2.32. The number of carbonyl (C=O) groups is 1. The summed E-state index contributed by atoms with van der Waals surface area (Å²) in [6.07, 6.45) is 0.221. The van der Waals surface area contributed by atoms with E-state index >= 15 is 0 Å². The van der Waals surface area contributed by atoms with Crippen molar-refractivity contribution in [1.29, 1.82) is 0 Å². The first-order valence-electron chi connectivity index (χ1n) is 6.04. The molecule has 0 unspecified atom stereocenters. The summed E-state index contributed by atoms with van der Waals surface area (Å²) in [5.74, 6) is -2.40. The molecule has 2 nitrogen and oxygen atoms in total. The molecular weight excluding hydrogens is 267 g/mol.